The lowest BCUT2D eigenvalue weighted by molar-refractivity contribution is -0.189. The quantitative estimate of drug-likeness (QED) is 0.0902. The van der Waals surface area contributed by atoms with Crippen LogP contribution in [0.3, 0.4) is 0 Å². The highest BCUT2D eigenvalue weighted by molar-refractivity contribution is 6.13. The molecule has 4 heterocycles. The van der Waals surface area contributed by atoms with Crippen molar-refractivity contribution in [2.24, 2.45) is 7.05 Å². The number of rotatable bonds is 16. The van der Waals surface area contributed by atoms with Crippen LogP contribution < -0.4 is 16.0 Å². The molecule has 7 rings (SSSR count). The van der Waals surface area contributed by atoms with Crippen LogP contribution in [-0.2, 0) is 36.1 Å². The SMILES string of the molecule is C=CCN1CC(=O)N2C(Cc3ccc(O)cc3)C(=O)N(Cc3cccc4c(C(=O)Nc5ccc(NCCN(C(C)C)C(C)C)nc5)cn(C)c34)CC2N1C(=O)NCc1ccccc1. The third-order valence-electron chi connectivity index (χ3n) is 11.7. The Morgan fingerprint density at radius 3 is 2.38 bits per heavy atom. The second kappa shape index (κ2) is 19.6. The molecule has 63 heavy (non-hydrogen) atoms. The van der Waals surface area contributed by atoms with Gasteiger partial charge in [0.25, 0.3) is 5.91 Å². The Balaban J connectivity index is 1.14. The number of hydrogen-bond donors (Lipinski definition) is 4. The number of benzene rings is 3. The van der Waals surface area contributed by atoms with Crippen LogP contribution in [0.25, 0.3) is 10.9 Å². The molecule has 0 bridgehead atoms. The predicted octanol–water partition coefficient (Wildman–Crippen LogP) is 5.80. The molecule has 0 radical (unpaired) electrons. The van der Waals surface area contributed by atoms with Gasteiger partial charge in [0.05, 0.1) is 36.1 Å². The second-order valence-corrected chi connectivity index (χ2v) is 16.7. The van der Waals surface area contributed by atoms with Gasteiger partial charge in [0.15, 0.2) is 0 Å². The molecule has 0 spiro atoms. The Morgan fingerprint density at radius 1 is 0.952 bits per heavy atom. The van der Waals surface area contributed by atoms with Gasteiger partial charge < -0.3 is 35.4 Å². The molecule has 4 N–H and O–H groups in total. The number of amides is 5. The van der Waals surface area contributed by atoms with Crippen LogP contribution in [0.5, 0.6) is 5.75 Å². The van der Waals surface area contributed by atoms with Gasteiger partial charge >= 0.3 is 6.03 Å². The van der Waals surface area contributed by atoms with Crippen LogP contribution >= 0.6 is 0 Å². The molecule has 0 saturated carbocycles. The summed E-state index contributed by atoms with van der Waals surface area (Å²) in [5, 5.41) is 23.3. The molecule has 0 aliphatic carbocycles. The van der Waals surface area contributed by atoms with Crippen molar-refractivity contribution in [3.63, 3.8) is 0 Å². The Bertz CT molecular complexity index is 2410. The van der Waals surface area contributed by atoms with Gasteiger partial charge in [0, 0.05) is 69.9 Å². The summed E-state index contributed by atoms with van der Waals surface area (Å²) in [6.45, 7) is 14.8. The van der Waals surface area contributed by atoms with Gasteiger partial charge in [-0.1, -0.05) is 66.7 Å². The first kappa shape index (κ1) is 44.3. The van der Waals surface area contributed by atoms with E-state index in [2.05, 4.69) is 60.1 Å². The maximum atomic E-state index is 14.7. The number of fused-ring (bicyclic) bond motifs is 2. The molecule has 15 nitrogen and oxygen atoms in total. The number of aromatic nitrogens is 2. The zero-order chi connectivity index (χ0) is 44.8. The smallest absolute Gasteiger partial charge is 0.334 e. The van der Waals surface area contributed by atoms with E-state index < -0.39 is 18.2 Å². The maximum Gasteiger partial charge on any atom is 0.334 e. The number of nitrogens with one attached hydrogen (secondary N) is 3. The number of carbonyl (C=O) groups excluding carboxylic acids is 4. The molecule has 2 aromatic heterocycles. The van der Waals surface area contributed by atoms with Crippen LogP contribution in [-0.4, -0.2) is 120 Å². The number of piperazine rings is 1. The molecular formula is C48H58N10O5. The molecule has 5 aromatic rings. The Labute approximate surface area is 368 Å². The van der Waals surface area contributed by atoms with E-state index in [0.29, 0.717) is 28.7 Å². The van der Waals surface area contributed by atoms with Crippen LogP contribution in [0, 0.1) is 0 Å². The maximum absolute atomic E-state index is 14.7. The number of hydrogen-bond acceptors (Lipinski definition) is 9. The highest BCUT2D eigenvalue weighted by atomic mass is 16.3. The Kier molecular flexibility index (Phi) is 13.8. The summed E-state index contributed by atoms with van der Waals surface area (Å²) < 4.78 is 1.89. The lowest BCUT2D eigenvalue weighted by Gasteiger charge is -2.55. The second-order valence-electron chi connectivity index (χ2n) is 16.7. The highest BCUT2D eigenvalue weighted by Crippen LogP contribution is 2.32. The number of phenols is 1. The van der Waals surface area contributed by atoms with Crippen molar-refractivity contribution in [3.05, 3.63) is 132 Å². The number of para-hydroxylation sites is 1. The minimum atomic E-state index is -0.949. The molecule has 2 aliphatic heterocycles. The molecule has 330 valence electrons. The molecule has 2 atom stereocenters. The normalized spacial score (nSPS) is 16.9. The van der Waals surface area contributed by atoms with E-state index in [0.717, 1.165) is 41.1 Å². The first-order chi connectivity index (χ1) is 30.3. The number of hydrazine groups is 1. The van der Waals surface area contributed by atoms with Crippen molar-refractivity contribution in [3.8, 4) is 5.75 Å². The van der Waals surface area contributed by atoms with E-state index in [4.69, 9.17) is 0 Å². The fourth-order valence-electron chi connectivity index (χ4n) is 8.82. The summed E-state index contributed by atoms with van der Waals surface area (Å²) in [5.41, 5.74) is 4.22. The van der Waals surface area contributed by atoms with Gasteiger partial charge in [0.1, 0.15) is 23.8 Å². The van der Waals surface area contributed by atoms with Gasteiger partial charge in [-0.2, -0.15) is 0 Å². The van der Waals surface area contributed by atoms with Crippen molar-refractivity contribution in [2.75, 3.05) is 43.4 Å². The van der Waals surface area contributed by atoms with Gasteiger partial charge in [-0.05, 0) is 68.7 Å². The number of pyridine rings is 1. The van der Waals surface area contributed by atoms with Gasteiger partial charge in [-0.25, -0.2) is 19.8 Å². The third kappa shape index (κ3) is 10.0. The van der Waals surface area contributed by atoms with E-state index in [-0.39, 0.29) is 62.6 Å². The monoisotopic (exact) mass is 854 g/mol. The standard InChI is InChI=1S/C48H58N10O5/c1-7-23-55-31-44(60)57-41(25-34-16-19-38(59)20-17-34)47(62)54(30-43(57)58(55)48(63)51-26-35-12-9-8-10-13-35)28-36-14-11-15-39-40(29-53(6)45(36)39)46(61)52-37-18-21-42(50-27-37)49-22-24-56(32(2)3)33(4)5/h7-21,27,29,32-33,41,43,59H,1,22-26,28,30-31H2,2-6H3,(H,49,50)(H,51,63)(H,52,61). The largest absolute Gasteiger partial charge is 0.508 e. The fraction of sp³-hybridized carbons (Fsp3) is 0.354. The topological polar surface area (TPSA) is 159 Å². The predicted molar refractivity (Wildman–Crippen MR) is 245 cm³/mol. The molecule has 3 aromatic carbocycles. The zero-order valence-electron chi connectivity index (χ0n) is 36.7. The molecule has 2 fully saturated rings. The summed E-state index contributed by atoms with van der Waals surface area (Å²) in [7, 11) is 1.86. The molecule has 5 amide bonds. The first-order valence-electron chi connectivity index (χ1n) is 21.5. The van der Waals surface area contributed by atoms with E-state index >= 15 is 0 Å². The minimum Gasteiger partial charge on any atom is -0.508 e. The fourth-order valence-corrected chi connectivity index (χ4v) is 8.82. The Hall–Kier alpha value is -6.71. The van der Waals surface area contributed by atoms with E-state index in [1.54, 1.807) is 62.6 Å². The number of aromatic hydroxyl groups is 1. The number of nitrogens with zero attached hydrogens (tertiary/aromatic N) is 7. The lowest BCUT2D eigenvalue weighted by atomic mass is 9.98. The number of carbonyl (C=O) groups is 4. The summed E-state index contributed by atoms with van der Waals surface area (Å²) in [6.07, 6.45) is 4.37. The van der Waals surface area contributed by atoms with Crippen molar-refractivity contribution < 1.29 is 24.3 Å². The molecule has 2 aliphatic rings. The van der Waals surface area contributed by atoms with E-state index in [1.165, 1.54) is 0 Å². The van der Waals surface area contributed by atoms with Crippen LogP contribution in [0.15, 0.2) is 110 Å². The van der Waals surface area contributed by atoms with Crippen LogP contribution in [0.2, 0.25) is 0 Å². The summed E-state index contributed by atoms with van der Waals surface area (Å²) in [5.74, 6) is -0.0602. The summed E-state index contributed by atoms with van der Waals surface area (Å²) in [6, 6.07) is 25.0. The highest BCUT2D eigenvalue weighted by Gasteiger charge is 2.51. The summed E-state index contributed by atoms with van der Waals surface area (Å²) in [4.78, 5) is 67.1. The van der Waals surface area contributed by atoms with Crippen LogP contribution in [0.4, 0.5) is 16.3 Å². The minimum absolute atomic E-state index is 0.0305. The van der Waals surface area contributed by atoms with Crippen molar-refractivity contribution in [2.45, 2.75) is 71.5 Å². The Morgan fingerprint density at radius 2 is 1.70 bits per heavy atom. The van der Waals surface area contributed by atoms with E-state index in [1.807, 2.05) is 72.3 Å². The van der Waals surface area contributed by atoms with Gasteiger partial charge in [0.2, 0.25) is 11.8 Å². The molecule has 2 unspecified atom stereocenters. The zero-order valence-corrected chi connectivity index (χ0v) is 36.7. The summed E-state index contributed by atoms with van der Waals surface area (Å²) >= 11 is 0. The molecular weight excluding hydrogens is 797 g/mol. The first-order valence-corrected chi connectivity index (χ1v) is 21.5. The number of urea groups is 1. The van der Waals surface area contributed by atoms with Gasteiger partial charge in [-0.15, -0.1) is 6.58 Å². The molecule has 15 heteroatoms. The van der Waals surface area contributed by atoms with Crippen LogP contribution in [0.1, 0.15) is 54.7 Å². The third-order valence-corrected chi connectivity index (χ3v) is 11.7. The van der Waals surface area contributed by atoms with Crippen molar-refractivity contribution in [1.82, 2.24) is 39.6 Å². The lowest BCUT2D eigenvalue weighted by Crippen LogP contribution is -2.76. The van der Waals surface area contributed by atoms with Gasteiger partial charge in [-0.3, -0.25) is 19.3 Å². The van der Waals surface area contributed by atoms with E-state index in [9.17, 15) is 24.3 Å². The average Bonchev–Trinajstić information content (AvgIpc) is 3.61. The number of anilines is 2. The number of phenolic OH excluding ortho intramolecular Hbond substituents is 1. The van der Waals surface area contributed by atoms with Crippen molar-refractivity contribution >= 4 is 46.2 Å². The van der Waals surface area contributed by atoms with Crippen molar-refractivity contribution in [1.29, 1.82) is 0 Å². The average molecular weight is 855 g/mol. The molecule has 2 saturated heterocycles. The number of aryl methyl sites for hydroxylation is 1.